The predicted molar refractivity (Wildman–Crippen MR) is 75.1 cm³/mol. The van der Waals surface area contributed by atoms with Crippen molar-refractivity contribution in [3.8, 4) is 17.0 Å². The molecule has 0 saturated heterocycles. The van der Waals surface area contributed by atoms with Crippen molar-refractivity contribution in [2.75, 3.05) is 7.11 Å². The fourth-order valence-electron chi connectivity index (χ4n) is 2.05. The topological polar surface area (TPSA) is 52.5 Å². The number of pyridine rings is 1. The van der Waals surface area contributed by atoms with Gasteiger partial charge in [-0.3, -0.25) is 0 Å². The molecule has 0 fully saturated rings. The van der Waals surface area contributed by atoms with E-state index in [4.69, 9.17) is 10.5 Å². The second-order valence-corrected chi connectivity index (χ2v) is 4.36. The van der Waals surface area contributed by atoms with Crippen LogP contribution in [0, 0.1) is 0 Å². The maximum atomic E-state index is 5.64. The largest absolute Gasteiger partial charge is 0.497 e. The van der Waals surface area contributed by atoms with Crippen LogP contribution in [0.1, 0.15) is 5.56 Å². The molecule has 0 amide bonds. The van der Waals surface area contributed by atoms with Gasteiger partial charge in [-0.05, 0) is 42.0 Å². The maximum Gasteiger partial charge on any atom is 0.137 e. The first kappa shape index (κ1) is 11.7. The number of rotatable bonds is 3. The summed E-state index contributed by atoms with van der Waals surface area (Å²) in [7, 11) is 1.66. The molecule has 1 aromatic carbocycles. The summed E-state index contributed by atoms with van der Waals surface area (Å²) in [5, 5.41) is 0. The van der Waals surface area contributed by atoms with E-state index >= 15 is 0 Å². The summed E-state index contributed by atoms with van der Waals surface area (Å²) in [6.07, 6.45) is 4.00. The molecule has 2 N–H and O–H groups in total. The SMILES string of the molecule is COc1ccc(-c2cn3ccc(CN)cc3n2)cc1. The van der Waals surface area contributed by atoms with Crippen LogP contribution in [-0.4, -0.2) is 16.5 Å². The van der Waals surface area contributed by atoms with Crippen molar-refractivity contribution in [2.24, 2.45) is 5.73 Å². The quantitative estimate of drug-likeness (QED) is 0.780. The molecule has 3 rings (SSSR count). The molecule has 0 aliphatic heterocycles. The Morgan fingerprint density at radius 3 is 2.68 bits per heavy atom. The highest BCUT2D eigenvalue weighted by molar-refractivity contribution is 5.63. The van der Waals surface area contributed by atoms with E-state index in [9.17, 15) is 0 Å². The highest BCUT2D eigenvalue weighted by Crippen LogP contribution is 2.22. The predicted octanol–water partition coefficient (Wildman–Crippen LogP) is 2.47. The monoisotopic (exact) mass is 253 g/mol. The van der Waals surface area contributed by atoms with Gasteiger partial charge in [-0.15, -0.1) is 0 Å². The van der Waals surface area contributed by atoms with Crippen molar-refractivity contribution in [1.82, 2.24) is 9.38 Å². The Bertz CT molecular complexity index is 701. The van der Waals surface area contributed by atoms with Gasteiger partial charge in [0.05, 0.1) is 12.8 Å². The number of nitrogens with zero attached hydrogens (tertiary/aromatic N) is 2. The number of ether oxygens (including phenoxy) is 1. The molecule has 3 aromatic rings. The average Bonchev–Trinajstić information content (AvgIpc) is 2.90. The van der Waals surface area contributed by atoms with Crippen LogP contribution in [0.5, 0.6) is 5.75 Å². The molecule has 4 nitrogen and oxygen atoms in total. The van der Waals surface area contributed by atoms with E-state index in [0.29, 0.717) is 6.54 Å². The van der Waals surface area contributed by atoms with E-state index < -0.39 is 0 Å². The van der Waals surface area contributed by atoms with Crippen molar-refractivity contribution in [1.29, 1.82) is 0 Å². The number of methoxy groups -OCH3 is 1. The molecule has 0 radical (unpaired) electrons. The van der Waals surface area contributed by atoms with E-state index in [0.717, 1.165) is 28.2 Å². The molecular formula is C15H15N3O. The van der Waals surface area contributed by atoms with Crippen LogP contribution in [0.4, 0.5) is 0 Å². The van der Waals surface area contributed by atoms with Crippen LogP contribution in [0.2, 0.25) is 0 Å². The number of imidazole rings is 1. The Kier molecular flexibility index (Phi) is 2.93. The van der Waals surface area contributed by atoms with Gasteiger partial charge >= 0.3 is 0 Å². The smallest absolute Gasteiger partial charge is 0.137 e. The third-order valence-corrected chi connectivity index (χ3v) is 3.15. The minimum absolute atomic E-state index is 0.529. The van der Waals surface area contributed by atoms with Gasteiger partial charge in [0.15, 0.2) is 0 Å². The Morgan fingerprint density at radius 1 is 1.21 bits per heavy atom. The molecular weight excluding hydrogens is 238 g/mol. The first-order valence-corrected chi connectivity index (χ1v) is 6.12. The number of fused-ring (bicyclic) bond motifs is 1. The van der Waals surface area contributed by atoms with E-state index in [2.05, 4.69) is 4.98 Å². The molecule has 0 unspecified atom stereocenters. The average molecular weight is 253 g/mol. The first-order valence-electron chi connectivity index (χ1n) is 6.12. The Morgan fingerprint density at radius 2 is 2.00 bits per heavy atom. The van der Waals surface area contributed by atoms with E-state index in [1.807, 2.05) is 53.2 Å². The van der Waals surface area contributed by atoms with Gasteiger partial charge < -0.3 is 14.9 Å². The van der Waals surface area contributed by atoms with Gasteiger partial charge in [0.1, 0.15) is 11.4 Å². The lowest BCUT2D eigenvalue weighted by Crippen LogP contribution is -1.96. The van der Waals surface area contributed by atoms with Crippen molar-refractivity contribution in [3.05, 3.63) is 54.4 Å². The van der Waals surface area contributed by atoms with Crippen LogP contribution in [0.15, 0.2) is 48.8 Å². The number of benzene rings is 1. The van der Waals surface area contributed by atoms with Gasteiger partial charge in [0, 0.05) is 24.5 Å². The molecule has 96 valence electrons. The normalized spacial score (nSPS) is 10.8. The van der Waals surface area contributed by atoms with Crippen LogP contribution < -0.4 is 10.5 Å². The lowest BCUT2D eigenvalue weighted by Gasteiger charge is -1.99. The molecule has 2 aromatic heterocycles. The highest BCUT2D eigenvalue weighted by atomic mass is 16.5. The van der Waals surface area contributed by atoms with E-state index in [1.165, 1.54) is 0 Å². The van der Waals surface area contributed by atoms with Gasteiger partial charge in [-0.1, -0.05) is 0 Å². The molecule has 4 heteroatoms. The molecule has 0 atom stereocenters. The second kappa shape index (κ2) is 4.74. The summed E-state index contributed by atoms with van der Waals surface area (Å²) in [6, 6.07) is 11.9. The van der Waals surface area contributed by atoms with Crippen LogP contribution in [0.3, 0.4) is 0 Å². The molecule has 2 heterocycles. The Labute approximate surface area is 111 Å². The number of hydrogen-bond acceptors (Lipinski definition) is 3. The van der Waals surface area contributed by atoms with Crippen molar-refractivity contribution in [3.63, 3.8) is 0 Å². The van der Waals surface area contributed by atoms with Crippen LogP contribution >= 0.6 is 0 Å². The highest BCUT2D eigenvalue weighted by Gasteiger charge is 2.05. The zero-order valence-corrected chi connectivity index (χ0v) is 10.7. The zero-order valence-electron chi connectivity index (χ0n) is 10.7. The van der Waals surface area contributed by atoms with Gasteiger partial charge in [0.25, 0.3) is 0 Å². The van der Waals surface area contributed by atoms with Crippen molar-refractivity contribution < 1.29 is 4.74 Å². The molecule has 0 aliphatic carbocycles. The van der Waals surface area contributed by atoms with Crippen molar-refractivity contribution in [2.45, 2.75) is 6.54 Å². The second-order valence-electron chi connectivity index (χ2n) is 4.36. The lowest BCUT2D eigenvalue weighted by molar-refractivity contribution is 0.415. The van der Waals surface area contributed by atoms with Gasteiger partial charge in [0.2, 0.25) is 0 Å². The summed E-state index contributed by atoms with van der Waals surface area (Å²) in [5.41, 5.74) is 9.64. The number of hydrogen-bond donors (Lipinski definition) is 1. The zero-order chi connectivity index (χ0) is 13.2. The molecule has 0 aliphatic rings. The summed E-state index contributed by atoms with van der Waals surface area (Å²) in [5.74, 6) is 0.845. The Balaban J connectivity index is 2.04. The number of nitrogens with two attached hydrogens (primary N) is 1. The summed E-state index contributed by atoms with van der Waals surface area (Å²) in [6.45, 7) is 0.529. The molecule has 0 bridgehead atoms. The van der Waals surface area contributed by atoms with Crippen molar-refractivity contribution >= 4 is 5.65 Å². The van der Waals surface area contributed by atoms with E-state index in [-0.39, 0.29) is 0 Å². The summed E-state index contributed by atoms with van der Waals surface area (Å²) in [4.78, 5) is 4.61. The minimum atomic E-state index is 0.529. The van der Waals surface area contributed by atoms with E-state index in [1.54, 1.807) is 7.11 Å². The standard InChI is InChI=1S/C15H15N3O/c1-19-13-4-2-12(3-5-13)14-10-18-7-6-11(9-16)8-15(18)17-14/h2-8,10H,9,16H2,1H3. The Hall–Kier alpha value is -2.33. The molecule has 0 spiro atoms. The summed E-state index contributed by atoms with van der Waals surface area (Å²) >= 11 is 0. The number of aromatic nitrogens is 2. The molecule has 19 heavy (non-hydrogen) atoms. The lowest BCUT2D eigenvalue weighted by atomic mass is 10.2. The molecule has 0 saturated carbocycles. The third-order valence-electron chi connectivity index (χ3n) is 3.15. The van der Waals surface area contributed by atoms with Crippen LogP contribution in [-0.2, 0) is 6.54 Å². The fourth-order valence-corrected chi connectivity index (χ4v) is 2.05. The summed E-state index contributed by atoms with van der Waals surface area (Å²) < 4.78 is 7.15. The third kappa shape index (κ3) is 2.18. The maximum absolute atomic E-state index is 5.64. The minimum Gasteiger partial charge on any atom is -0.497 e. The van der Waals surface area contributed by atoms with Gasteiger partial charge in [-0.2, -0.15) is 0 Å². The fraction of sp³-hybridized carbons (Fsp3) is 0.133. The first-order chi connectivity index (χ1) is 9.30. The van der Waals surface area contributed by atoms with Gasteiger partial charge in [-0.25, -0.2) is 4.98 Å². The van der Waals surface area contributed by atoms with Crippen LogP contribution in [0.25, 0.3) is 16.9 Å².